The van der Waals surface area contributed by atoms with E-state index in [9.17, 15) is 5.11 Å². The molecule has 3 N–H and O–H groups in total. The Kier molecular flexibility index (Phi) is 12.7. The fourth-order valence-electron chi connectivity index (χ4n) is 4.83. The van der Waals surface area contributed by atoms with Crippen LogP contribution in [0.1, 0.15) is 57.9 Å². The number of rotatable bonds is 9. The largest absolute Gasteiger partial charge is 0.396 e. The van der Waals surface area contributed by atoms with E-state index in [1.807, 2.05) is 0 Å². The summed E-state index contributed by atoms with van der Waals surface area (Å²) in [5, 5.41) is 16.2. The maximum Gasteiger partial charge on any atom is 0.191 e. The van der Waals surface area contributed by atoms with Gasteiger partial charge in [-0.1, -0.05) is 25.5 Å². The van der Waals surface area contributed by atoms with Gasteiger partial charge in [0.25, 0.3) is 0 Å². The Morgan fingerprint density at radius 1 is 1.03 bits per heavy atom. The molecule has 0 aliphatic carbocycles. The summed E-state index contributed by atoms with van der Waals surface area (Å²) in [5.41, 5.74) is 2.51. The molecular formula is C25H44IN5O. The lowest BCUT2D eigenvalue weighted by Crippen LogP contribution is -2.45. The fourth-order valence-corrected chi connectivity index (χ4v) is 4.83. The average molecular weight is 558 g/mol. The summed E-state index contributed by atoms with van der Waals surface area (Å²) in [6, 6.07) is 9.57. The molecule has 3 rings (SSSR count). The van der Waals surface area contributed by atoms with Crippen LogP contribution < -0.4 is 15.5 Å². The van der Waals surface area contributed by atoms with Gasteiger partial charge < -0.3 is 20.6 Å². The number of piperidine rings is 2. The number of hydrogen-bond acceptors (Lipinski definition) is 4. The zero-order valence-corrected chi connectivity index (χ0v) is 22.4. The Hall–Kier alpha value is -1.06. The Labute approximate surface area is 212 Å². The summed E-state index contributed by atoms with van der Waals surface area (Å²) in [7, 11) is 0. The van der Waals surface area contributed by atoms with Gasteiger partial charge in [0.1, 0.15) is 0 Å². The number of anilines is 1. The van der Waals surface area contributed by atoms with E-state index < -0.39 is 0 Å². The first kappa shape index (κ1) is 27.2. The minimum absolute atomic E-state index is 0. The quantitative estimate of drug-likeness (QED) is 0.245. The number of nitrogens with one attached hydrogen (secondary N) is 2. The van der Waals surface area contributed by atoms with Crippen LogP contribution in [0.15, 0.2) is 29.3 Å². The third-order valence-corrected chi connectivity index (χ3v) is 6.85. The zero-order valence-electron chi connectivity index (χ0n) is 20.1. The molecule has 0 radical (unpaired) electrons. The van der Waals surface area contributed by atoms with Crippen LogP contribution in [-0.2, 0) is 6.54 Å². The topological polar surface area (TPSA) is 63.1 Å². The minimum Gasteiger partial charge on any atom is -0.396 e. The van der Waals surface area contributed by atoms with E-state index in [2.05, 4.69) is 58.5 Å². The second-order valence-corrected chi connectivity index (χ2v) is 9.00. The second kappa shape index (κ2) is 15.0. The SMILES string of the molecule is CCNC(=NCc1ccc(N2CCC(CO)CC2)cc1)NCCN1CCCCC1CC.I. The Bertz CT molecular complexity index is 661. The molecule has 6 nitrogen and oxygen atoms in total. The van der Waals surface area contributed by atoms with Gasteiger partial charge in [-0.2, -0.15) is 0 Å². The Morgan fingerprint density at radius 3 is 2.44 bits per heavy atom. The van der Waals surface area contributed by atoms with E-state index in [0.717, 1.165) is 57.6 Å². The maximum atomic E-state index is 9.33. The van der Waals surface area contributed by atoms with Gasteiger partial charge in [0.05, 0.1) is 6.54 Å². The highest BCUT2D eigenvalue weighted by Gasteiger charge is 2.20. The monoisotopic (exact) mass is 557 g/mol. The molecule has 1 unspecified atom stereocenters. The summed E-state index contributed by atoms with van der Waals surface area (Å²) in [5.74, 6) is 1.38. The molecule has 0 spiro atoms. The third kappa shape index (κ3) is 8.37. The predicted molar refractivity (Wildman–Crippen MR) is 146 cm³/mol. The molecule has 1 aromatic rings. The highest BCUT2D eigenvalue weighted by Crippen LogP contribution is 2.23. The average Bonchev–Trinajstić information content (AvgIpc) is 2.83. The van der Waals surface area contributed by atoms with Crippen LogP contribution in [0.25, 0.3) is 0 Å². The number of guanidine groups is 1. The van der Waals surface area contributed by atoms with Gasteiger partial charge >= 0.3 is 0 Å². The minimum atomic E-state index is 0. The van der Waals surface area contributed by atoms with Crippen LogP contribution >= 0.6 is 24.0 Å². The van der Waals surface area contributed by atoms with Crippen molar-refractivity contribution in [3.05, 3.63) is 29.8 Å². The predicted octanol–water partition coefficient (Wildman–Crippen LogP) is 3.83. The first-order valence-electron chi connectivity index (χ1n) is 12.4. The van der Waals surface area contributed by atoms with Crippen molar-refractivity contribution in [2.24, 2.45) is 10.9 Å². The lowest BCUT2D eigenvalue weighted by molar-refractivity contribution is 0.147. The molecule has 7 heteroatoms. The number of nitrogens with zero attached hydrogens (tertiary/aromatic N) is 3. The molecule has 1 atom stereocenters. The summed E-state index contributed by atoms with van der Waals surface area (Å²) in [6.45, 7) is 11.6. The van der Waals surface area contributed by atoms with Crippen molar-refractivity contribution in [2.45, 2.75) is 65.0 Å². The number of aliphatic hydroxyl groups is 1. The summed E-state index contributed by atoms with van der Waals surface area (Å²) in [6.07, 6.45) is 7.48. The molecule has 0 bridgehead atoms. The van der Waals surface area contributed by atoms with Crippen LogP contribution in [0.2, 0.25) is 0 Å². The number of likely N-dealkylation sites (tertiary alicyclic amines) is 1. The van der Waals surface area contributed by atoms with Crippen molar-refractivity contribution in [1.82, 2.24) is 15.5 Å². The zero-order chi connectivity index (χ0) is 21.9. The molecule has 1 aromatic carbocycles. The molecule has 182 valence electrons. The lowest BCUT2D eigenvalue weighted by atomic mass is 9.97. The molecule has 0 saturated carbocycles. The fraction of sp³-hybridized carbons (Fsp3) is 0.720. The summed E-state index contributed by atoms with van der Waals surface area (Å²) < 4.78 is 0. The molecule has 32 heavy (non-hydrogen) atoms. The maximum absolute atomic E-state index is 9.33. The van der Waals surface area contributed by atoms with E-state index in [1.54, 1.807) is 0 Å². The van der Waals surface area contributed by atoms with Crippen molar-refractivity contribution in [3.63, 3.8) is 0 Å². The summed E-state index contributed by atoms with van der Waals surface area (Å²) >= 11 is 0. The molecule has 2 fully saturated rings. The molecule has 2 aliphatic heterocycles. The van der Waals surface area contributed by atoms with E-state index in [4.69, 9.17) is 4.99 Å². The number of hydrogen-bond donors (Lipinski definition) is 3. The van der Waals surface area contributed by atoms with Crippen molar-refractivity contribution >= 4 is 35.6 Å². The third-order valence-electron chi connectivity index (χ3n) is 6.85. The van der Waals surface area contributed by atoms with Gasteiger partial charge in [-0.15, -0.1) is 24.0 Å². The van der Waals surface area contributed by atoms with Crippen molar-refractivity contribution < 1.29 is 5.11 Å². The Morgan fingerprint density at radius 2 is 1.78 bits per heavy atom. The highest BCUT2D eigenvalue weighted by atomic mass is 127. The molecule has 2 aliphatic rings. The van der Waals surface area contributed by atoms with Crippen molar-refractivity contribution in [1.29, 1.82) is 0 Å². The molecule has 0 amide bonds. The lowest BCUT2D eigenvalue weighted by Gasteiger charge is -2.35. The number of halogens is 1. The van der Waals surface area contributed by atoms with Gasteiger partial charge in [-0.05, 0) is 69.2 Å². The van der Waals surface area contributed by atoms with E-state index in [0.29, 0.717) is 19.1 Å². The van der Waals surface area contributed by atoms with Gasteiger partial charge in [0, 0.05) is 51.1 Å². The van der Waals surface area contributed by atoms with E-state index in [1.165, 1.54) is 43.5 Å². The van der Waals surface area contributed by atoms with Crippen LogP contribution in [0.3, 0.4) is 0 Å². The van der Waals surface area contributed by atoms with Gasteiger partial charge in [-0.3, -0.25) is 4.90 Å². The van der Waals surface area contributed by atoms with Gasteiger partial charge in [0.2, 0.25) is 0 Å². The van der Waals surface area contributed by atoms with Crippen molar-refractivity contribution in [3.8, 4) is 0 Å². The van der Waals surface area contributed by atoms with E-state index >= 15 is 0 Å². The van der Waals surface area contributed by atoms with Crippen LogP contribution in [-0.4, -0.2) is 67.9 Å². The molecule has 2 saturated heterocycles. The van der Waals surface area contributed by atoms with Crippen LogP contribution in [0.4, 0.5) is 5.69 Å². The molecular weight excluding hydrogens is 513 g/mol. The second-order valence-electron chi connectivity index (χ2n) is 9.00. The first-order chi connectivity index (χ1) is 15.2. The first-order valence-corrected chi connectivity index (χ1v) is 12.4. The normalized spacial score (nSPS) is 20.7. The number of benzene rings is 1. The van der Waals surface area contributed by atoms with E-state index in [-0.39, 0.29) is 24.0 Å². The van der Waals surface area contributed by atoms with Crippen LogP contribution in [0, 0.1) is 5.92 Å². The number of aliphatic imine (C=N–C) groups is 1. The van der Waals surface area contributed by atoms with Gasteiger partial charge in [-0.25, -0.2) is 4.99 Å². The summed E-state index contributed by atoms with van der Waals surface area (Å²) in [4.78, 5) is 9.87. The molecule has 2 heterocycles. The molecule has 0 aromatic heterocycles. The highest BCUT2D eigenvalue weighted by molar-refractivity contribution is 14.0. The van der Waals surface area contributed by atoms with Crippen molar-refractivity contribution in [2.75, 3.05) is 50.8 Å². The van der Waals surface area contributed by atoms with Gasteiger partial charge in [0.15, 0.2) is 5.96 Å². The Balaban J connectivity index is 0.00000363. The standard InChI is InChI=1S/C25H43N5O.HI/c1-3-23-7-5-6-15-29(23)18-14-27-25(26-4-2)28-19-21-8-10-24(11-9-21)30-16-12-22(20-31)13-17-30;/h8-11,22-23,31H,3-7,12-20H2,1-2H3,(H2,26,27,28);1H. The smallest absolute Gasteiger partial charge is 0.191 e. The van der Waals surface area contributed by atoms with Crippen LogP contribution in [0.5, 0.6) is 0 Å². The number of aliphatic hydroxyl groups excluding tert-OH is 1.